The summed E-state index contributed by atoms with van der Waals surface area (Å²) in [6.07, 6.45) is 8.38. The zero-order valence-electron chi connectivity index (χ0n) is 19.1. The summed E-state index contributed by atoms with van der Waals surface area (Å²) in [4.78, 5) is 12.9. The molecule has 1 aliphatic carbocycles. The number of benzene rings is 1. The summed E-state index contributed by atoms with van der Waals surface area (Å²) in [7, 11) is -3.52. The first-order chi connectivity index (χ1) is 16.0. The molecule has 7 nitrogen and oxygen atoms in total. The number of thiophene rings is 1. The van der Waals surface area contributed by atoms with E-state index in [4.69, 9.17) is 0 Å². The van der Waals surface area contributed by atoms with E-state index < -0.39 is 10.0 Å². The molecule has 182 valence electrons. The lowest BCUT2D eigenvalue weighted by Crippen LogP contribution is -2.36. The third-order valence-corrected chi connectivity index (χ3v) is 8.81. The van der Waals surface area contributed by atoms with Gasteiger partial charge < -0.3 is 16.0 Å². The second kappa shape index (κ2) is 13.8. The Morgan fingerprint density at radius 3 is 2.45 bits per heavy atom. The SMILES string of the molecule is O=C(NCc1ccc(S(=O)(=O)NCCCCNCCNC2CCCCC2)s1)c1ccccc1. The fourth-order valence-electron chi connectivity index (χ4n) is 3.91. The minimum absolute atomic E-state index is 0.176. The van der Waals surface area contributed by atoms with Crippen molar-refractivity contribution < 1.29 is 13.2 Å². The fourth-order valence-corrected chi connectivity index (χ4v) is 6.32. The molecule has 33 heavy (non-hydrogen) atoms. The smallest absolute Gasteiger partial charge is 0.251 e. The van der Waals surface area contributed by atoms with Crippen LogP contribution in [0.15, 0.2) is 46.7 Å². The summed E-state index contributed by atoms with van der Waals surface area (Å²) in [6.45, 7) is 3.54. The molecule has 0 aliphatic heterocycles. The fraction of sp³-hybridized carbons (Fsp3) is 0.542. The summed E-state index contributed by atoms with van der Waals surface area (Å²) in [5, 5.41) is 9.86. The number of carbonyl (C=O) groups excluding carboxylic acids is 1. The molecule has 0 bridgehead atoms. The molecule has 1 fully saturated rings. The van der Waals surface area contributed by atoms with Crippen LogP contribution in [-0.4, -0.2) is 46.5 Å². The molecule has 1 aromatic carbocycles. The highest BCUT2D eigenvalue weighted by Crippen LogP contribution is 2.21. The Hall–Kier alpha value is -1.78. The van der Waals surface area contributed by atoms with Gasteiger partial charge in [-0.1, -0.05) is 37.5 Å². The number of hydrogen-bond acceptors (Lipinski definition) is 6. The number of carbonyl (C=O) groups is 1. The van der Waals surface area contributed by atoms with Crippen LogP contribution in [0.1, 0.15) is 60.2 Å². The van der Waals surface area contributed by atoms with E-state index in [0.29, 0.717) is 24.7 Å². The Morgan fingerprint density at radius 1 is 0.909 bits per heavy atom. The van der Waals surface area contributed by atoms with E-state index in [9.17, 15) is 13.2 Å². The average Bonchev–Trinajstić information content (AvgIpc) is 3.33. The maximum absolute atomic E-state index is 12.5. The number of rotatable bonds is 14. The van der Waals surface area contributed by atoms with Gasteiger partial charge in [0.1, 0.15) is 4.21 Å². The maximum Gasteiger partial charge on any atom is 0.251 e. The van der Waals surface area contributed by atoms with Crippen LogP contribution in [0.3, 0.4) is 0 Å². The number of unbranched alkanes of at least 4 members (excludes halogenated alkanes) is 1. The van der Waals surface area contributed by atoms with Crippen LogP contribution < -0.4 is 20.7 Å². The zero-order chi connectivity index (χ0) is 23.4. The molecule has 0 radical (unpaired) electrons. The summed E-state index contributed by atoms with van der Waals surface area (Å²) in [5.41, 5.74) is 0.582. The summed E-state index contributed by atoms with van der Waals surface area (Å²) in [6, 6.07) is 13.0. The van der Waals surface area contributed by atoms with Crippen molar-refractivity contribution in [2.45, 2.75) is 61.7 Å². The van der Waals surface area contributed by atoms with E-state index in [1.165, 1.54) is 43.4 Å². The van der Waals surface area contributed by atoms with Crippen molar-refractivity contribution >= 4 is 27.3 Å². The van der Waals surface area contributed by atoms with Gasteiger partial charge in [0.2, 0.25) is 10.0 Å². The Kier molecular flexibility index (Phi) is 10.8. The molecule has 9 heteroatoms. The molecule has 1 heterocycles. The second-order valence-corrected chi connectivity index (χ2v) is 11.6. The van der Waals surface area contributed by atoms with Crippen LogP contribution in [0.25, 0.3) is 0 Å². The van der Waals surface area contributed by atoms with Crippen LogP contribution >= 0.6 is 11.3 Å². The number of amides is 1. The van der Waals surface area contributed by atoms with Crippen molar-refractivity contribution in [3.8, 4) is 0 Å². The Labute approximate surface area is 201 Å². The van der Waals surface area contributed by atoms with Gasteiger partial charge in [-0.05, 0) is 56.5 Å². The lowest BCUT2D eigenvalue weighted by atomic mass is 9.95. The van der Waals surface area contributed by atoms with Crippen LogP contribution in [0.2, 0.25) is 0 Å². The summed E-state index contributed by atoms with van der Waals surface area (Å²) >= 11 is 1.18. The summed E-state index contributed by atoms with van der Waals surface area (Å²) in [5.74, 6) is -0.176. The average molecular weight is 493 g/mol. The molecule has 2 aromatic rings. The van der Waals surface area contributed by atoms with Crippen molar-refractivity contribution in [2.75, 3.05) is 26.2 Å². The standard InChI is InChI=1S/C24H36N4O3S2/c29-24(20-9-3-1-4-10-20)27-19-22-13-14-23(32-22)33(30,31)28-16-8-7-15-25-17-18-26-21-11-5-2-6-12-21/h1,3-4,9-10,13-14,21,25-26,28H,2,5-8,11-12,15-19H2,(H,27,29). The predicted octanol–water partition coefficient (Wildman–Crippen LogP) is 3.25. The molecule has 1 amide bonds. The van der Waals surface area contributed by atoms with Gasteiger partial charge in [-0.15, -0.1) is 11.3 Å². The van der Waals surface area contributed by atoms with E-state index >= 15 is 0 Å². The van der Waals surface area contributed by atoms with Gasteiger partial charge >= 0.3 is 0 Å². The highest BCUT2D eigenvalue weighted by Gasteiger charge is 2.16. The molecule has 0 saturated heterocycles. The quantitative estimate of drug-likeness (QED) is 0.304. The monoisotopic (exact) mass is 492 g/mol. The van der Waals surface area contributed by atoms with Gasteiger partial charge in [0.05, 0.1) is 6.54 Å². The third kappa shape index (κ3) is 9.17. The van der Waals surface area contributed by atoms with E-state index in [1.807, 2.05) is 18.2 Å². The first-order valence-electron chi connectivity index (χ1n) is 11.9. The molecule has 3 rings (SSSR count). The minimum atomic E-state index is -3.52. The number of sulfonamides is 1. The van der Waals surface area contributed by atoms with Crippen molar-refractivity contribution in [3.63, 3.8) is 0 Å². The van der Waals surface area contributed by atoms with E-state index in [2.05, 4.69) is 20.7 Å². The first kappa shape index (κ1) is 25.8. The van der Waals surface area contributed by atoms with Crippen molar-refractivity contribution in [1.82, 2.24) is 20.7 Å². The van der Waals surface area contributed by atoms with E-state index in [0.717, 1.165) is 37.4 Å². The zero-order valence-corrected chi connectivity index (χ0v) is 20.8. The van der Waals surface area contributed by atoms with Crippen molar-refractivity contribution in [1.29, 1.82) is 0 Å². The van der Waals surface area contributed by atoms with Gasteiger partial charge in [0, 0.05) is 36.1 Å². The van der Waals surface area contributed by atoms with Gasteiger partial charge in [-0.3, -0.25) is 4.79 Å². The van der Waals surface area contributed by atoms with Crippen LogP contribution in [0, 0.1) is 0 Å². The van der Waals surface area contributed by atoms with Gasteiger partial charge in [0.25, 0.3) is 5.91 Å². The maximum atomic E-state index is 12.5. The highest BCUT2D eigenvalue weighted by atomic mass is 32.2. The van der Waals surface area contributed by atoms with Gasteiger partial charge in [-0.25, -0.2) is 13.1 Å². The topological polar surface area (TPSA) is 99.3 Å². The third-order valence-electron chi connectivity index (χ3n) is 5.77. The normalized spacial score (nSPS) is 14.9. The Bertz CT molecular complexity index is 942. The van der Waals surface area contributed by atoms with Crippen molar-refractivity contribution in [3.05, 3.63) is 52.9 Å². The van der Waals surface area contributed by atoms with Crippen LogP contribution in [0.4, 0.5) is 0 Å². The molecule has 0 spiro atoms. The highest BCUT2D eigenvalue weighted by molar-refractivity contribution is 7.91. The molecule has 1 aromatic heterocycles. The second-order valence-electron chi connectivity index (χ2n) is 8.41. The summed E-state index contributed by atoms with van der Waals surface area (Å²) < 4.78 is 28.0. The van der Waals surface area contributed by atoms with Gasteiger partial charge in [0.15, 0.2) is 0 Å². The molecular weight excluding hydrogens is 456 g/mol. The predicted molar refractivity (Wildman–Crippen MR) is 134 cm³/mol. The number of hydrogen-bond donors (Lipinski definition) is 4. The number of nitrogens with one attached hydrogen (secondary N) is 4. The van der Waals surface area contributed by atoms with Gasteiger partial charge in [-0.2, -0.15) is 0 Å². The van der Waals surface area contributed by atoms with E-state index in [-0.39, 0.29) is 10.1 Å². The molecule has 0 atom stereocenters. The lowest BCUT2D eigenvalue weighted by molar-refractivity contribution is 0.0951. The molecule has 4 N–H and O–H groups in total. The first-order valence-corrected chi connectivity index (χ1v) is 14.2. The van der Waals surface area contributed by atoms with Crippen molar-refractivity contribution in [2.24, 2.45) is 0 Å². The molecular formula is C24H36N4O3S2. The van der Waals surface area contributed by atoms with Crippen LogP contribution in [-0.2, 0) is 16.6 Å². The van der Waals surface area contributed by atoms with Crippen LogP contribution in [0.5, 0.6) is 0 Å². The largest absolute Gasteiger partial charge is 0.347 e. The molecule has 1 aliphatic rings. The Morgan fingerprint density at radius 2 is 1.67 bits per heavy atom. The molecule has 0 unspecified atom stereocenters. The lowest BCUT2D eigenvalue weighted by Gasteiger charge is -2.22. The molecule has 1 saturated carbocycles. The van der Waals surface area contributed by atoms with E-state index in [1.54, 1.807) is 24.3 Å². The minimum Gasteiger partial charge on any atom is -0.347 e. The Balaban J connectivity index is 1.26.